The Kier molecular flexibility index (Phi) is 2.10. The Morgan fingerprint density at radius 2 is 2.29 bits per heavy atom. The Morgan fingerprint density at radius 3 is 2.93 bits per heavy atom. The Bertz CT molecular complexity index is 429. The van der Waals surface area contributed by atoms with Gasteiger partial charge in [-0.1, -0.05) is 0 Å². The second kappa shape index (κ2) is 3.41. The van der Waals surface area contributed by atoms with E-state index in [2.05, 4.69) is 9.72 Å². The zero-order chi connectivity index (χ0) is 9.97. The third kappa shape index (κ3) is 1.31. The average Bonchev–Trinajstić information content (AvgIpc) is 2.85. The summed E-state index contributed by atoms with van der Waals surface area (Å²) in [5.74, 6) is 0. The number of nitrogens with one attached hydrogen (secondary N) is 1. The Morgan fingerprint density at radius 1 is 1.43 bits per heavy atom. The fraction of sp³-hybridized carbons (Fsp3) is 0.100. The normalized spacial score (nSPS) is 10.1. The monoisotopic (exact) mass is 190 g/mol. The molecule has 2 rings (SSSR count). The fourth-order valence-electron chi connectivity index (χ4n) is 1.35. The van der Waals surface area contributed by atoms with Crippen LogP contribution in [0.1, 0.15) is 0 Å². The van der Waals surface area contributed by atoms with Gasteiger partial charge in [0.15, 0.2) is 0 Å². The van der Waals surface area contributed by atoms with Crippen LogP contribution in [0.3, 0.4) is 0 Å². The van der Waals surface area contributed by atoms with Gasteiger partial charge in [-0.2, -0.15) is 0 Å². The van der Waals surface area contributed by atoms with Crippen molar-refractivity contribution in [3.63, 3.8) is 0 Å². The van der Waals surface area contributed by atoms with Crippen LogP contribution < -0.4 is 0 Å². The molecule has 0 saturated heterocycles. The van der Waals surface area contributed by atoms with Crippen molar-refractivity contribution < 1.29 is 9.53 Å². The predicted molar refractivity (Wildman–Crippen MR) is 52.0 cm³/mol. The molecule has 0 fully saturated rings. The van der Waals surface area contributed by atoms with Crippen molar-refractivity contribution >= 4 is 6.09 Å². The van der Waals surface area contributed by atoms with E-state index in [1.165, 1.54) is 11.7 Å². The molecule has 0 aliphatic heterocycles. The minimum atomic E-state index is -0.389. The highest BCUT2D eigenvalue weighted by Crippen LogP contribution is 2.17. The molecule has 4 nitrogen and oxygen atoms in total. The fourth-order valence-corrected chi connectivity index (χ4v) is 1.35. The van der Waals surface area contributed by atoms with Gasteiger partial charge in [-0.05, 0) is 24.3 Å². The second-order valence-electron chi connectivity index (χ2n) is 2.82. The first-order chi connectivity index (χ1) is 6.83. The van der Waals surface area contributed by atoms with Gasteiger partial charge in [0.2, 0.25) is 0 Å². The molecule has 0 atom stereocenters. The van der Waals surface area contributed by atoms with Gasteiger partial charge in [0.05, 0.1) is 18.5 Å². The van der Waals surface area contributed by atoms with E-state index in [0.717, 1.165) is 11.4 Å². The van der Waals surface area contributed by atoms with Crippen molar-refractivity contribution in [2.75, 3.05) is 7.11 Å². The van der Waals surface area contributed by atoms with Gasteiger partial charge in [-0.3, -0.25) is 4.57 Å². The molecule has 4 heteroatoms. The summed E-state index contributed by atoms with van der Waals surface area (Å²) in [6.07, 6.45) is 3.09. The van der Waals surface area contributed by atoms with Gasteiger partial charge in [0.25, 0.3) is 0 Å². The number of rotatable bonds is 1. The van der Waals surface area contributed by atoms with Gasteiger partial charge in [0.1, 0.15) is 0 Å². The highest BCUT2D eigenvalue weighted by Gasteiger charge is 2.10. The molecule has 0 spiro atoms. The molecule has 0 amide bonds. The van der Waals surface area contributed by atoms with Crippen molar-refractivity contribution in [3.8, 4) is 11.4 Å². The smallest absolute Gasteiger partial charge is 0.418 e. The molecule has 2 aromatic rings. The van der Waals surface area contributed by atoms with Crippen LogP contribution in [0.15, 0.2) is 36.7 Å². The molecule has 0 aliphatic carbocycles. The number of carbonyl (C=O) groups excluding carboxylic acids is 1. The maximum atomic E-state index is 11.3. The van der Waals surface area contributed by atoms with E-state index in [-0.39, 0.29) is 6.09 Å². The van der Waals surface area contributed by atoms with Crippen LogP contribution in [0.5, 0.6) is 0 Å². The summed E-state index contributed by atoms with van der Waals surface area (Å²) in [5.41, 5.74) is 1.68. The lowest BCUT2D eigenvalue weighted by Gasteiger charge is -2.04. The number of carbonyl (C=O) groups is 1. The summed E-state index contributed by atoms with van der Waals surface area (Å²) in [6, 6.07) is 7.43. The molecule has 2 aromatic heterocycles. The molecule has 0 bridgehead atoms. The number of ether oxygens (including phenoxy) is 1. The molecular formula is C10H10N2O2. The van der Waals surface area contributed by atoms with Gasteiger partial charge >= 0.3 is 6.09 Å². The number of H-pyrrole nitrogens is 1. The summed E-state index contributed by atoms with van der Waals surface area (Å²) in [6.45, 7) is 0. The van der Waals surface area contributed by atoms with E-state index in [4.69, 9.17) is 0 Å². The minimum absolute atomic E-state index is 0.389. The van der Waals surface area contributed by atoms with Crippen molar-refractivity contribution in [2.45, 2.75) is 0 Å². The van der Waals surface area contributed by atoms with E-state index < -0.39 is 0 Å². The lowest BCUT2D eigenvalue weighted by atomic mass is 10.3. The summed E-state index contributed by atoms with van der Waals surface area (Å²) in [7, 11) is 1.36. The zero-order valence-electron chi connectivity index (χ0n) is 7.73. The first-order valence-electron chi connectivity index (χ1n) is 4.22. The summed E-state index contributed by atoms with van der Waals surface area (Å²) in [4.78, 5) is 14.3. The first kappa shape index (κ1) is 8.62. The van der Waals surface area contributed by atoms with Crippen LogP contribution in [-0.2, 0) is 4.74 Å². The third-order valence-electron chi connectivity index (χ3n) is 1.99. The van der Waals surface area contributed by atoms with Gasteiger partial charge in [-0.25, -0.2) is 4.79 Å². The highest BCUT2D eigenvalue weighted by molar-refractivity contribution is 5.77. The third-order valence-corrected chi connectivity index (χ3v) is 1.99. The summed E-state index contributed by atoms with van der Waals surface area (Å²) < 4.78 is 6.09. The molecule has 1 N–H and O–H groups in total. The summed E-state index contributed by atoms with van der Waals surface area (Å²) >= 11 is 0. The minimum Gasteiger partial charge on any atom is -0.452 e. The largest absolute Gasteiger partial charge is 0.452 e. The number of methoxy groups -OCH3 is 1. The van der Waals surface area contributed by atoms with E-state index in [9.17, 15) is 4.79 Å². The number of hydrogen-bond donors (Lipinski definition) is 1. The van der Waals surface area contributed by atoms with Gasteiger partial charge in [-0.15, -0.1) is 0 Å². The Hall–Kier alpha value is -1.97. The van der Waals surface area contributed by atoms with Crippen LogP contribution in [0, 0.1) is 0 Å². The van der Waals surface area contributed by atoms with Crippen LogP contribution in [0.2, 0.25) is 0 Å². The number of aromatic nitrogens is 2. The molecule has 0 radical (unpaired) electrons. The molecule has 0 aliphatic rings. The quantitative estimate of drug-likeness (QED) is 0.748. The number of nitrogens with zero attached hydrogens (tertiary/aromatic N) is 1. The first-order valence-corrected chi connectivity index (χ1v) is 4.22. The number of aromatic amines is 1. The highest BCUT2D eigenvalue weighted by atomic mass is 16.5. The molecule has 0 unspecified atom stereocenters. The SMILES string of the molecule is COC(=O)n1cccc1-c1ccc[nH]1. The van der Waals surface area contributed by atoms with Crippen molar-refractivity contribution in [2.24, 2.45) is 0 Å². The van der Waals surface area contributed by atoms with E-state index >= 15 is 0 Å². The number of hydrogen-bond acceptors (Lipinski definition) is 2. The average molecular weight is 190 g/mol. The van der Waals surface area contributed by atoms with Crippen molar-refractivity contribution in [3.05, 3.63) is 36.7 Å². The maximum Gasteiger partial charge on any atom is 0.418 e. The van der Waals surface area contributed by atoms with E-state index in [0.29, 0.717) is 0 Å². The van der Waals surface area contributed by atoms with Gasteiger partial charge < -0.3 is 9.72 Å². The van der Waals surface area contributed by atoms with Gasteiger partial charge in [0, 0.05) is 12.4 Å². The van der Waals surface area contributed by atoms with Crippen LogP contribution in [0.25, 0.3) is 11.4 Å². The molecule has 2 heterocycles. The zero-order valence-corrected chi connectivity index (χ0v) is 7.73. The van der Waals surface area contributed by atoms with E-state index in [1.807, 2.05) is 24.4 Å². The van der Waals surface area contributed by atoms with Crippen LogP contribution in [0.4, 0.5) is 4.79 Å². The molecular weight excluding hydrogens is 180 g/mol. The predicted octanol–water partition coefficient (Wildman–Crippen LogP) is 2.10. The molecule has 72 valence electrons. The molecule has 14 heavy (non-hydrogen) atoms. The Balaban J connectivity index is 2.45. The van der Waals surface area contributed by atoms with E-state index in [1.54, 1.807) is 12.3 Å². The second-order valence-corrected chi connectivity index (χ2v) is 2.82. The standard InChI is InChI=1S/C10H10N2O2/c1-14-10(13)12-7-3-5-9(12)8-4-2-6-11-8/h2-7,11H,1H3. The molecule has 0 aromatic carbocycles. The van der Waals surface area contributed by atoms with Crippen LogP contribution in [-0.4, -0.2) is 22.8 Å². The van der Waals surface area contributed by atoms with Crippen molar-refractivity contribution in [1.29, 1.82) is 0 Å². The van der Waals surface area contributed by atoms with Crippen molar-refractivity contribution in [1.82, 2.24) is 9.55 Å². The lowest BCUT2D eigenvalue weighted by Crippen LogP contribution is -2.11. The topological polar surface area (TPSA) is 47.0 Å². The maximum absolute atomic E-state index is 11.3. The summed E-state index contributed by atoms with van der Waals surface area (Å²) in [5, 5.41) is 0. The van der Waals surface area contributed by atoms with Crippen LogP contribution >= 0.6 is 0 Å². The molecule has 0 saturated carbocycles. The lowest BCUT2D eigenvalue weighted by molar-refractivity contribution is 0.173. The Labute approximate surface area is 81.1 Å².